The predicted octanol–water partition coefficient (Wildman–Crippen LogP) is 3.90. The third-order valence-corrected chi connectivity index (χ3v) is 7.83. The number of rotatable bonds is 3. The first-order valence-electron chi connectivity index (χ1n) is 10.8. The van der Waals surface area contributed by atoms with Crippen LogP contribution in [-0.2, 0) is 21.4 Å². The number of fused-ring (bicyclic) bond motifs is 1. The molecule has 1 saturated heterocycles. The third-order valence-electron chi connectivity index (χ3n) is 5.77. The maximum Gasteiger partial charge on any atom is 0.490 e. The molecule has 2 aromatic carbocycles. The first kappa shape index (κ1) is 26.9. The van der Waals surface area contributed by atoms with E-state index in [1.54, 1.807) is 36.4 Å². The number of ether oxygens (including phenoxy) is 1. The Morgan fingerprint density at radius 2 is 1.71 bits per heavy atom. The second-order valence-corrected chi connectivity index (χ2v) is 10.6. The van der Waals surface area contributed by atoms with E-state index in [2.05, 4.69) is 4.90 Å². The van der Waals surface area contributed by atoms with Gasteiger partial charge in [-0.15, -0.1) is 0 Å². The molecule has 1 fully saturated rings. The molecular weight excluding hydrogens is 492 g/mol. The van der Waals surface area contributed by atoms with Crippen molar-refractivity contribution in [3.63, 3.8) is 0 Å². The number of benzene rings is 2. The SMILES string of the molecule is CC(C)N1CC2(CCN(Cc3ccccc3F)C2)Oc2ccccc2S1(=O)=O.O=C(O)C(F)(F)F. The molecule has 192 valence electrons. The van der Waals surface area contributed by atoms with E-state index < -0.39 is 27.8 Å². The minimum atomic E-state index is -5.08. The number of carboxylic acid groups (broad SMARTS) is 1. The molecule has 0 bridgehead atoms. The van der Waals surface area contributed by atoms with Crippen molar-refractivity contribution < 1.29 is 40.6 Å². The van der Waals surface area contributed by atoms with E-state index in [1.165, 1.54) is 10.4 Å². The largest absolute Gasteiger partial charge is 0.490 e. The normalized spacial score (nSPS) is 22.1. The molecular formula is C23H26F4N2O5S. The van der Waals surface area contributed by atoms with Crippen LogP contribution < -0.4 is 4.74 Å². The molecule has 12 heteroatoms. The fraction of sp³-hybridized carbons (Fsp3) is 0.435. The Labute approximate surface area is 201 Å². The van der Waals surface area contributed by atoms with Gasteiger partial charge in [0.05, 0.1) is 6.54 Å². The van der Waals surface area contributed by atoms with Gasteiger partial charge in [0, 0.05) is 37.7 Å². The Kier molecular flexibility index (Phi) is 7.77. The van der Waals surface area contributed by atoms with Gasteiger partial charge in [0.1, 0.15) is 22.1 Å². The summed E-state index contributed by atoms with van der Waals surface area (Å²) < 4.78 is 80.1. The van der Waals surface area contributed by atoms with E-state index in [9.17, 15) is 26.0 Å². The molecule has 0 radical (unpaired) electrons. The van der Waals surface area contributed by atoms with Crippen LogP contribution in [0, 0.1) is 5.82 Å². The van der Waals surface area contributed by atoms with Crippen LogP contribution in [-0.4, -0.2) is 66.2 Å². The molecule has 1 N–H and O–H groups in total. The molecule has 0 saturated carbocycles. The van der Waals surface area contributed by atoms with Crippen LogP contribution in [0.1, 0.15) is 25.8 Å². The number of carbonyl (C=O) groups is 1. The number of hydrogen-bond donors (Lipinski definition) is 1. The zero-order valence-electron chi connectivity index (χ0n) is 19.1. The van der Waals surface area contributed by atoms with E-state index >= 15 is 0 Å². The molecule has 2 aliphatic heterocycles. The Morgan fingerprint density at radius 1 is 1.11 bits per heavy atom. The summed E-state index contributed by atoms with van der Waals surface area (Å²) in [6.07, 6.45) is -4.39. The molecule has 1 unspecified atom stereocenters. The maximum absolute atomic E-state index is 14.1. The third kappa shape index (κ3) is 6.11. The topological polar surface area (TPSA) is 87.2 Å². The van der Waals surface area contributed by atoms with Crippen molar-refractivity contribution >= 4 is 16.0 Å². The number of para-hydroxylation sites is 1. The first-order valence-corrected chi connectivity index (χ1v) is 12.2. The highest BCUT2D eigenvalue weighted by atomic mass is 32.2. The molecule has 2 aromatic rings. The molecule has 2 aliphatic rings. The summed E-state index contributed by atoms with van der Waals surface area (Å²) in [5, 5.41) is 7.12. The Hall–Kier alpha value is -2.70. The van der Waals surface area contributed by atoms with Gasteiger partial charge < -0.3 is 9.84 Å². The van der Waals surface area contributed by atoms with Crippen LogP contribution in [0.2, 0.25) is 0 Å². The molecule has 2 heterocycles. The Bertz CT molecular complexity index is 1170. The van der Waals surface area contributed by atoms with Gasteiger partial charge in [0.2, 0.25) is 10.0 Å². The van der Waals surface area contributed by atoms with Crippen LogP contribution in [0.4, 0.5) is 17.6 Å². The number of likely N-dealkylation sites (tertiary alicyclic amines) is 1. The van der Waals surface area contributed by atoms with Gasteiger partial charge in [-0.1, -0.05) is 30.3 Å². The van der Waals surface area contributed by atoms with Gasteiger partial charge in [-0.25, -0.2) is 17.6 Å². The molecule has 1 spiro atoms. The highest BCUT2D eigenvalue weighted by Crippen LogP contribution is 2.39. The van der Waals surface area contributed by atoms with E-state index in [4.69, 9.17) is 14.6 Å². The van der Waals surface area contributed by atoms with Crippen molar-refractivity contribution in [2.45, 2.75) is 49.5 Å². The van der Waals surface area contributed by atoms with E-state index in [0.29, 0.717) is 30.8 Å². The fourth-order valence-corrected chi connectivity index (χ4v) is 5.94. The summed E-state index contributed by atoms with van der Waals surface area (Å²) in [4.78, 5) is 11.2. The van der Waals surface area contributed by atoms with Gasteiger partial charge in [-0.3, -0.25) is 4.90 Å². The van der Waals surface area contributed by atoms with Crippen molar-refractivity contribution in [3.8, 4) is 5.75 Å². The molecule has 1 atom stereocenters. The predicted molar refractivity (Wildman–Crippen MR) is 119 cm³/mol. The fourth-order valence-electron chi connectivity index (χ4n) is 4.11. The highest BCUT2D eigenvalue weighted by molar-refractivity contribution is 7.89. The zero-order chi connectivity index (χ0) is 26.0. The van der Waals surface area contributed by atoms with Crippen molar-refractivity contribution in [2.24, 2.45) is 0 Å². The van der Waals surface area contributed by atoms with Crippen molar-refractivity contribution in [1.82, 2.24) is 9.21 Å². The van der Waals surface area contributed by atoms with Crippen molar-refractivity contribution in [1.29, 1.82) is 0 Å². The number of aliphatic carboxylic acids is 1. The van der Waals surface area contributed by atoms with Gasteiger partial charge >= 0.3 is 12.1 Å². The lowest BCUT2D eigenvalue weighted by Gasteiger charge is -2.33. The smallest absolute Gasteiger partial charge is 0.483 e. The van der Waals surface area contributed by atoms with Gasteiger partial charge in [0.25, 0.3) is 0 Å². The summed E-state index contributed by atoms with van der Waals surface area (Å²) in [6.45, 7) is 5.80. The maximum atomic E-state index is 14.1. The molecule has 7 nitrogen and oxygen atoms in total. The molecule has 4 rings (SSSR count). The summed E-state index contributed by atoms with van der Waals surface area (Å²) in [5.74, 6) is -2.58. The lowest BCUT2D eigenvalue weighted by molar-refractivity contribution is -0.192. The van der Waals surface area contributed by atoms with Crippen LogP contribution >= 0.6 is 0 Å². The standard InChI is InChI=1S/C21H25FN2O3S.C2HF3O2/c1-16(2)24-15-21(27-19-9-5-6-10-20(19)28(24,25)26)11-12-23(14-21)13-17-7-3-4-8-18(17)22;3-2(4,5)1(6)7/h3-10,16H,11-15H2,1-2H3;(H,6,7). The average molecular weight is 519 g/mol. The Balaban J connectivity index is 0.000000429. The first-order chi connectivity index (χ1) is 16.2. The number of halogens is 4. The minimum absolute atomic E-state index is 0.183. The van der Waals surface area contributed by atoms with Gasteiger partial charge in [-0.2, -0.15) is 17.5 Å². The van der Waals surface area contributed by atoms with Crippen LogP contribution in [0.15, 0.2) is 53.4 Å². The monoisotopic (exact) mass is 518 g/mol. The summed E-state index contributed by atoms with van der Waals surface area (Å²) >= 11 is 0. The minimum Gasteiger partial charge on any atom is -0.483 e. The summed E-state index contributed by atoms with van der Waals surface area (Å²) in [6, 6.07) is 13.4. The lowest BCUT2D eigenvalue weighted by atomic mass is 10.0. The zero-order valence-corrected chi connectivity index (χ0v) is 19.9. The lowest BCUT2D eigenvalue weighted by Crippen LogP contribution is -2.51. The molecule has 0 aliphatic carbocycles. The number of hydrogen-bond acceptors (Lipinski definition) is 5. The van der Waals surface area contributed by atoms with Crippen molar-refractivity contribution in [3.05, 3.63) is 59.9 Å². The average Bonchev–Trinajstić information content (AvgIpc) is 3.11. The van der Waals surface area contributed by atoms with E-state index in [0.717, 1.165) is 6.54 Å². The number of carboxylic acids is 1. The number of sulfonamides is 1. The van der Waals surface area contributed by atoms with Crippen LogP contribution in [0.3, 0.4) is 0 Å². The molecule has 0 amide bonds. The van der Waals surface area contributed by atoms with Crippen molar-refractivity contribution in [2.75, 3.05) is 19.6 Å². The van der Waals surface area contributed by atoms with E-state index in [-0.39, 0.29) is 23.3 Å². The summed E-state index contributed by atoms with van der Waals surface area (Å²) in [7, 11) is -3.64. The number of alkyl halides is 3. The highest BCUT2D eigenvalue weighted by Gasteiger charge is 2.48. The van der Waals surface area contributed by atoms with Gasteiger partial charge in [0.15, 0.2) is 0 Å². The van der Waals surface area contributed by atoms with Gasteiger partial charge in [-0.05, 0) is 32.0 Å². The summed E-state index contributed by atoms with van der Waals surface area (Å²) in [5.41, 5.74) is -0.00299. The quantitative estimate of drug-likeness (QED) is 0.621. The molecule has 35 heavy (non-hydrogen) atoms. The number of nitrogens with zero attached hydrogens (tertiary/aromatic N) is 2. The second-order valence-electron chi connectivity index (χ2n) is 8.73. The Morgan fingerprint density at radius 3 is 2.31 bits per heavy atom. The molecule has 0 aromatic heterocycles. The van der Waals surface area contributed by atoms with Crippen LogP contribution in [0.5, 0.6) is 5.75 Å². The van der Waals surface area contributed by atoms with E-state index in [1.807, 2.05) is 19.9 Å². The second kappa shape index (κ2) is 10.1. The van der Waals surface area contributed by atoms with Crippen LogP contribution in [0.25, 0.3) is 0 Å².